The van der Waals surface area contributed by atoms with Crippen LogP contribution in [0, 0.1) is 0 Å². The molecule has 2 rings (SSSR count). The minimum Gasteiger partial charge on any atom is -0.394 e. The zero-order valence-electron chi connectivity index (χ0n) is 19.4. The summed E-state index contributed by atoms with van der Waals surface area (Å²) in [6.45, 7) is 1.43. The minimum atomic E-state index is -1.47. The van der Waals surface area contributed by atoms with E-state index in [-0.39, 0.29) is 13.2 Å². The second-order valence-electron chi connectivity index (χ2n) is 7.46. The lowest BCUT2D eigenvalue weighted by Gasteiger charge is -2.39. The van der Waals surface area contributed by atoms with E-state index in [1.54, 1.807) is 7.05 Å². The van der Waals surface area contributed by atoms with Crippen molar-refractivity contribution in [3.63, 3.8) is 0 Å². The Hall–Kier alpha value is -1.72. The summed E-state index contributed by atoms with van der Waals surface area (Å²) in [5.41, 5.74) is 1.70. The third kappa shape index (κ3) is 10.4. The summed E-state index contributed by atoms with van der Waals surface area (Å²) in [5, 5.41) is 51.5. The molecular formula is C21H34N4O8S2. The van der Waals surface area contributed by atoms with Crippen molar-refractivity contribution in [2.75, 3.05) is 63.9 Å². The van der Waals surface area contributed by atoms with E-state index in [1.165, 1.54) is 0 Å². The lowest BCUT2D eigenvalue weighted by atomic mass is 9.99. The van der Waals surface area contributed by atoms with Crippen LogP contribution in [0.5, 0.6) is 0 Å². The largest absolute Gasteiger partial charge is 0.394 e. The smallest absolute Gasteiger partial charge is 0.186 e. The van der Waals surface area contributed by atoms with Gasteiger partial charge < -0.3 is 60.6 Å². The molecule has 12 nitrogen and oxygen atoms in total. The van der Waals surface area contributed by atoms with Gasteiger partial charge in [-0.25, -0.2) is 0 Å². The predicted octanol–water partition coefficient (Wildman–Crippen LogP) is -1.26. The van der Waals surface area contributed by atoms with Crippen LogP contribution in [0.4, 0.5) is 11.4 Å². The average molecular weight is 535 g/mol. The van der Waals surface area contributed by atoms with Crippen LogP contribution in [-0.2, 0) is 18.9 Å². The molecule has 0 amide bonds. The van der Waals surface area contributed by atoms with Crippen molar-refractivity contribution in [3.05, 3.63) is 24.3 Å². The Labute approximate surface area is 214 Å². The monoisotopic (exact) mass is 534 g/mol. The lowest BCUT2D eigenvalue weighted by molar-refractivity contribution is -0.302. The molecule has 35 heavy (non-hydrogen) atoms. The van der Waals surface area contributed by atoms with Crippen LogP contribution in [0.25, 0.3) is 0 Å². The summed E-state index contributed by atoms with van der Waals surface area (Å²) >= 11 is 10.3. The number of nitrogens with one attached hydrogen (secondary N) is 4. The van der Waals surface area contributed by atoms with Crippen molar-refractivity contribution >= 4 is 46.0 Å². The Balaban J connectivity index is 1.47. The van der Waals surface area contributed by atoms with E-state index in [4.69, 9.17) is 48.5 Å². The minimum absolute atomic E-state index is 0.0867. The van der Waals surface area contributed by atoms with Crippen molar-refractivity contribution in [1.29, 1.82) is 0 Å². The lowest BCUT2D eigenvalue weighted by Crippen LogP contribution is -2.59. The third-order valence-corrected chi connectivity index (χ3v) is 5.44. The maximum atomic E-state index is 9.88. The number of benzene rings is 1. The van der Waals surface area contributed by atoms with Crippen molar-refractivity contribution in [3.8, 4) is 0 Å². The van der Waals surface area contributed by atoms with E-state index < -0.39 is 37.3 Å². The van der Waals surface area contributed by atoms with Crippen LogP contribution in [0.15, 0.2) is 24.3 Å². The summed E-state index contributed by atoms with van der Waals surface area (Å²) in [6, 6.07) is 7.52. The normalized spacial score (nSPS) is 24.0. The van der Waals surface area contributed by atoms with Crippen molar-refractivity contribution < 1.29 is 39.4 Å². The topological polar surface area (TPSA) is 166 Å². The summed E-state index contributed by atoms with van der Waals surface area (Å²) in [6.07, 6.45) is -6.49. The van der Waals surface area contributed by atoms with Crippen molar-refractivity contribution in [2.24, 2.45) is 0 Å². The quantitative estimate of drug-likeness (QED) is 0.112. The fourth-order valence-corrected chi connectivity index (χ4v) is 3.33. The molecule has 0 bridgehead atoms. The maximum Gasteiger partial charge on any atom is 0.186 e. The first kappa shape index (κ1) is 29.5. The molecule has 0 aliphatic carbocycles. The molecule has 8 N–H and O–H groups in total. The Bertz CT molecular complexity index is 774. The first-order chi connectivity index (χ1) is 16.8. The summed E-state index contributed by atoms with van der Waals surface area (Å²) in [5.74, 6) is 0. The molecule has 1 aliphatic rings. The fraction of sp³-hybridized carbons (Fsp3) is 0.619. The van der Waals surface area contributed by atoms with E-state index in [0.29, 0.717) is 36.6 Å². The van der Waals surface area contributed by atoms with E-state index in [2.05, 4.69) is 21.3 Å². The Morgan fingerprint density at radius 3 is 2.03 bits per heavy atom. The molecule has 3 unspecified atom stereocenters. The molecule has 0 spiro atoms. The number of thiocarbonyl (C=S) groups is 2. The van der Waals surface area contributed by atoms with Crippen LogP contribution in [0.2, 0.25) is 0 Å². The Morgan fingerprint density at radius 2 is 1.43 bits per heavy atom. The highest BCUT2D eigenvalue weighted by molar-refractivity contribution is 7.80. The van der Waals surface area contributed by atoms with Gasteiger partial charge in [-0.05, 0) is 48.7 Å². The molecule has 1 saturated heterocycles. The van der Waals surface area contributed by atoms with E-state index in [1.807, 2.05) is 24.3 Å². The molecule has 5 atom stereocenters. The van der Waals surface area contributed by atoms with Gasteiger partial charge in [-0.1, -0.05) is 0 Å². The first-order valence-electron chi connectivity index (χ1n) is 11.1. The van der Waals surface area contributed by atoms with Gasteiger partial charge in [-0.2, -0.15) is 0 Å². The summed E-state index contributed by atoms with van der Waals surface area (Å²) in [4.78, 5) is 0. The van der Waals surface area contributed by atoms with Crippen LogP contribution in [-0.4, -0.2) is 115 Å². The first-order valence-corrected chi connectivity index (χ1v) is 11.9. The average Bonchev–Trinajstić information content (AvgIpc) is 2.86. The third-order valence-electron chi connectivity index (χ3n) is 4.89. The van der Waals surface area contributed by atoms with E-state index in [0.717, 1.165) is 11.4 Å². The van der Waals surface area contributed by atoms with Gasteiger partial charge in [0.2, 0.25) is 0 Å². The van der Waals surface area contributed by atoms with Crippen LogP contribution >= 0.6 is 24.4 Å². The highest BCUT2D eigenvalue weighted by atomic mass is 32.1. The highest BCUT2D eigenvalue weighted by Gasteiger charge is 2.43. The molecule has 14 heteroatoms. The molecule has 0 aromatic heterocycles. The van der Waals surface area contributed by atoms with Gasteiger partial charge in [0.15, 0.2) is 16.5 Å². The number of aliphatic hydroxyl groups is 4. The van der Waals surface area contributed by atoms with E-state index in [9.17, 15) is 15.3 Å². The molecule has 1 aliphatic heterocycles. The van der Waals surface area contributed by atoms with Gasteiger partial charge in [0.25, 0.3) is 0 Å². The standard InChI is InChI=1S/C21H34N4O8S2/c1-22-20(34)24-13-2-4-14(5-3-13)25-21(35)23-6-7-30-8-9-31-10-11-32-19-18(29)17(28)16(27)15(12-26)33-19/h2-5,15-19,26-29H,6-12H2,1H3,(H2,22,24,34)(H2,23,25,35)/t15?,16-,17?,18?,19-/m0/s1. The van der Waals surface area contributed by atoms with E-state index >= 15 is 0 Å². The highest BCUT2D eigenvalue weighted by Crippen LogP contribution is 2.21. The Kier molecular flexibility index (Phi) is 13.6. The number of hydrogen-bond acceptors (Lipinski definition) is 10. The summed E-state index contributed by atoms with van der Waals surface area (Å²) in [7, 11) is 1.75. The maximum absolute atomic E-state index is 9.88. The molecule has 0 saturated carbocycles. The molecule has 1 aromatic rings. The number of anilines is 2. The summed E-state index contributed by atoms with van der Waals surface area (Å²) < 4.78 is 21.4. The number of ether oxygens (including phenoxy) is 4. The second kappa shape index (κ2) is 16.1. The number of hydrogen-bond donors (Lipinski definition) is 8. The number of rotatable bonds is 13. The van der Waals surface area contributed by atoms with Gasteiger partial charge in [0.05, 0.1) is 39.6 Å². The molecule has 198 valence electrons. The van der Waals surface area contributed by atoms with Crippen molar-refractivity contribution in [1.82, 2.24) is 10.6 Å². The second-order valence-corrected chi connectivity index (χ2v) is 8.27. The number of aliphatic hydroxyl groups excluding tert-OH is 4. The fourth-order valence-electron chi connectivity index (χ4n) is 2.99. The molecule has 0 radical (unpaired) electrons. The zero-order chi connectivity index (χ0) is 25.6. The van der Waals surface area contributed by atoms with Gasteiger partial charge in [-0.3, -0.25) is 0 Å². The molecule has 1 fully saturated rings. The van der Waals surface area contributed by atoms with Crippen LogP contribution < -0.4 is 21.3 Å². The molecule has 1 heterocycles. The van der Waals surface area contributed by atoms with Crippen LogP contribution in [0.3, 0.4) is 0 Å². The predicted molar refractivity (Wildman–Crippen MR) is 137 cm³/mol. The zero-order valence-corrected chi connectivity index (χ0v) is 21.0. The Morgan fingerprint density at radius 1 is 0.857 bits per heavy atom. The van der Waals surface area contributed by atoms with Crippen LogP contribution in [0.1, 0.15) is 0 Å². The van der Waals surface area contributed by atoms with Gasteiger partial charge in [0, 0.05) is 25.0 Å². The van der Waals surface area contributed by atoms with Gasteiger partial charge in [0.1, 0.15) is 24.4 Å². The van der Waals surface area contributed by atoms with Gasteiger partial charge >= 0.3 is 0 Å². The molecule has 1 aromatic carbocycles. The SMILES string of the molecule is CNC(=S)Nc1ccc(NC(=S)NCCOCCOCCO[C@H]2OC(CO)[C@H](O)C(O)C2O)cc1. The van der Waals surface area contributed by atoms with Crippen molar-refractivity contribution in [2.45, 2.75) is 30.7 Å². The molecular weight excluding hydrogens is 500 g/mol. The van der Waals surface area contributed by atoms with Gasteiger partial charge in [-0.15, -0.1) is 0 Å².